The second-order valence-corrected chi connectivity index (χ2v) is 16.7. The zero-order valence-corrected chi connectivity index (χ0v) is 26.4. The minimum absolute atomic E-state index is 0.0172. The van der Waals surface area contributed by atoms with Gasteiger partial charge in [-0.05, 0) is 42.9 Å². The summed E-state index contributed by atoms with van der Waals surface area (Å²) >= 11 is 0. The number of sulfonamides is 1. The Morgan fingerprint density at radius 1 is 1.00 bits per heavy atom. The van der Waals surface area contributed by atoms with Gasteiger partial charge in [-0.15, -0.1) is 0 Å². The smallest absolute Gasteiger partial charge is 0.328 e. The number of hydrogen-bond donors (Lipinski definition) is 2. The van der Waals surface area contributed by atoms with Crippen molar-refractivity contribution in [1.29, 1.82) is 0 Å². The van der Waals surface area contributed by atoms with Gasteiger partial charge in [0.05, 0.1) is 18.9 Å². The van der Waals surface area contributed by atoms with Crippen LogP contribution in [0, 0.1) is 28.1 Å². The van der Waals surface area contributed by atoms with Crippen molar-refractivity contribution in [2.24, 2.45) is 28.1 Å². The summed E-state index contributed by atoms with van der Waals surface area (Å²) in [5.74, 6) is -0.877. The van der Waals surface area contributed by atoms with E-state index in [-0.39, 0.29) is 28.9 Å². The monoisotopic (exact) mass is 558 g/mol. The molecule has 2 fully saturated rings. The van der Waals surface area contributed by atoms with Gasteiger partial charge < -0.3 is 20.3 Å². The molecule has 0 aromatic rings. The van der Waals surface area contributed by atoms with Crippen LogP contribution in [0.2, 0.25) is 0 Å². The molecule has 0 aromatic heterocycles. The number of likely N-dealkylation sites (tertiary alicyclic amines) is 1. The number of nitrogens with one attached hydrogen (secondary N) is 2. The maximum atomic E-state index is 13.8. The number of rotatable bonds is 7. The summed E-state index contributed by atoms with van der Waals surface area (Å²) in [6.45, 7) is 21.1. The average Bonchev–Trinajstić information content (AvgIpc) is 3.07. The Bertz CT molecular complexity index is 1040. The number of amides is 3. The third kappa shape index (κ3) is 6.63. The fourth-order valence-corrected chi connectivity index (χ4v) is 7.36. The highest BCUT2D eigenvalue weighted by atomic mass is 32.2. The van der Waals surface area contributed by atoms with Crippen molar-refractivity contribution in [3.8, 4) is 0 Å². The molecule has 0 aromatic carbocycles. The van der Waals surface area contributed by atoms with Gasteiger partial charge in [-0.2, -0.15) is 4.31 Å². The van der Waals surface area contributed by atoms with Crippen LogP contribution in [-0.4, -0.2) is 85.7 Å². The van der Waals surface area contributed by atoms with Gasteiger partial charge in [0, 0.05) is 25.0 Å². The van der Waals surface area contributed by atoms with Crippen LogP contribution in [0.1, 0.15) is 76.2 Å². The van der Waals surface area contributed by atoms with Crippen molar-refractivity contribution >= 4 is 27.9 Å². The van der Waals surface area contributed by atoms with Crippen LogP contribution in [0.4, 0.5) is 4.79 Å². The molecular weight excluding hydrogens is 508 g/mol. The molecule has 10 nitrogen and oxygen atoms in total. The molecule has 1 heterocycles. The summed E-state index contributed by atoms with van der Waals surface area (Å²) in [5.41, 5.74) is -1.92. The zero-order valence-electron chi connectivity index (χ0n) is 25.6. The van der Waals surface area contributed by atoms with E-state index in [9.17, 15) is 22.8 Å². The number of piperidine rings is 1. The maximum absolute atomic E-state index is 13.8. The first-order chi connectivity index (χ1) is 16.9. The van der Waals surface area contributed by atoms with Crippen LogP contribution in [0.25, 0.3) is 0 Å². The van der Waals surface area contributed by atoms with Crippen LogP contribution >= 0.6 is 0 Å². The van der Waals surface area contributed by atoms with Gasteiger partial charge in [-0.25, -0.2) is 18.0 Å². The molecule has 2 aliphatic rings. The van der Waals surface area contributed by atoms with E-state index < -0.39 is 56.5 Å². The van der Waals surface area contributed by atoms with E-state index >= 15 is 0 Å². The third-order valence-corrected chi connectivity index (χ3v) is 10.5. The summed E-state index contributed by atoms with van der Waals surface area (Å²) < 4.78 is 32.6. The van der Waals surface area contributed by atoms with E-state index in [0.717, 1.165) is 0 Å². The van der Waals surface area contributed by atoms with E-state index in [0.29, 0.717) is 6.54 Å². The maximum Gasteiger partial charge on any atom is 0.328 e. The lowest BCUT2D eigenvalue weighted by molar-refractivity contribution is -0.154. The van der Waals surface area contributed by atoms with E-state index in [1.54, 1.807) is 25.7 Å². The van der Waals surface area contributed by atoms with E-state index in [1.807, 2.05) is 41.5 Å². The molecule has 2 N–H and O–H groups in total. The minimum Gasteiger partial charge on any atom is -0.467 e. The van der Waals surface area contributed by atoms with Crippen molar-refractivity contribution in [2.45, 2.75) is 99.8 Å². The number of urea groups is 1. The van der Waals surface area contributed by atoms with Gasteiger partial charge in [0.1, 0.15) is 12.1 Å². The number of esters is 1. The molecule has 1 aliphatic carbocycles. The number of carbonyl (C=O) groups excluding carboxylic acids is 3. The average molecular weight is 559 g/mol. The van der Waals surface area contributed by atoms with Crippen molar-refractivity contribution in [3.63, 3.8) is 0 Å². The SMILES string of the molecule is COC(=O)[C@@H]1C2[C@H](CN1C(=O)[C@@H](NC(=O)N[C@H](CS(=O)(=O)N(C)C(C)(C)C)C(C)(C)C)C(C)(C)C)C2(C)C. The lowest BCUT2D eigenvalue weighted by Crippen LogP contribution is -2.61. The highest BCUT2D eigenvalue weighted by Crippen LogP contribution is 2.65. The Hall–Kier alpha value is -1.88. The molecule has 220 valence electrons. The Balaban J connectivity index is 2.26. The summed E-state index contributed by atoms with van der Waals surface area (Å²) in [4.78, 5) is 41.3. The van der Waals surface area contributed by atoms with Gasteiger partial charge in [0.15, 0.2) is 0 Å². The first kappa shape index (κ1) is 32.3. The molecule has 1 saturated heterocycles. The molecule has 5 atom stereocenters. The molecule has 0 bridgehead atoms. The van der Waals surface area contributed by atoms with Crippen molar-refractivity contribution in [1.82, 2.24) is 19.8 Å². The van der Waals surface area contributed by atoms with Crippen molar-refractivity contribution in [2.75, 3.05) is 26.5 Å². The quantitative estimate of drug-likeness (QED) is 0.463. The first-order valence-electron chi connectivity index (χ1n) is 13.3. The van der Waals surface area contributed by atoms with E-state index in [2.05, 4.69) is 24.5 Å². The number of methoxy groups -OCH3 is 1. The molecule has 0 radical (unpaired) electrons. The van der Waals surface area contributed by atoms with Gasteiger partial charge in [-0.1, -0.05) is 55.4 Å². The summed E-state index contributed by atoms with van der Waals surface area (Å²) in [7, 11) is -0.851. The number of carbonyl (C=O) groups is 3. The molecule has 3 amide bonds. The summed E-state index contributed by atoms with van der Waals surface area (Å²) in [6.07, 6.45) is 0. The number of fused-ring (bicyclic) bond motifs is 1. The fraction of sp³-hybridized carbons (Fsp3) is 0.889. The largest absolute Gasteiger partial charge is 0.467 e. The predicted molar refractivity (Wildman–Crippen MR) is 148 cm³/mol. The van der Waals surface area contributed by atoms with Crippen LogP contribution in [0.5, 0.6) is 0 Å². The van der Waals surface area contributed by atoms with Gasteiger partial charge in [0.25, 0.3) is 0 Å². The van der Waals surface area contributed by atoms with Crippen molar-refractivity contribution in [3.05, 3.63) is 0 Å². The van der Waals surface area contributed by atoms with Crippen LogP contribution in [0.15, 0.2) is 0 Å². The Morgan fingerprint density at radius 3 is 1.95 bits per heavy atom. The minimum atomic E-state index is -3.70. The fourth-order valence-electron chi connectivity index (χ4n) is 5.30. The van der Waals surface area contributed by atoms with E-state index in [1.165, 1.54) is 18.5 Å². The molecule has 38 heavy (non-hydrogen) atoms. The second-order valence-electron chi connectivity index (χ2n) is 14.7. The Kier molecular flexibility index (Phi) is 8.73. The highest BCUT2D eigenvalue weighted by molar-refractivity contribution is 7.89. The lowest BCUT2D eigenvalue weighted by Gasteiger charge is -2.38. The Labute approximate surface area is 229 Å². The number of ether oxygens (including phenoxy) is 1. The molecule has 1 saturated carbocycles. The number of hydrogen-bond acceptors (Lipinski definition) is 6. The zero-order chi connectivity index (χ0) is 29.8. The molecule has 2 rings (SSSR count). The topological polar surface area (TPSA) is 125 Å². The van der Waals surface area contributed by atoms with Crippen molar-refractivity contribution < 1.29 is 27.5 Å². The van der Waals surface area contributed by atoms with Gasteiger partial charge >= 0.3 is 12.0 Å². The normalized spacial score (nSPS) is 24.9. The molecule has 0 spiro atoms. The highest BCUT2D eigenvalue weighted by Gasteiger charge is 2.70. The van der Waals surface area contributed by atoms with Gasteiger partial charge in [-0.3, -0.25) is 4.79 Å². The summed E-state index contributed by atoms with van der Waals surface area (Å²) in [5, 5.41) is 5.63. The van der Waals surface area contributed by atoms with E-state index in [4.69, 9.17) is 4.74 Å². The molecule has 11 heteroatoms. The predicted octanol–water partition coefficient (Wildman–Crippen LogP) is 2.83. The third-order valence-electron chi connectivity index (χ3n) is 8.41. The van der Waals surface area contributed by atoms with Crippen LogP contribution < -0.4 is 10.6 Å². The summed E-state index contributed by atoms with van der Waals surface area (Å²) in [6, 6.07) is -2.99. The second kappa shape index (κ2) is 10.3. The lowest BCUT2D eigenvalue weighted by atomic mass is 9.85. The number of nitrogens with zero attached hydrogens (tertiary/aromatic N) is 2. The Morgan fingerprint density at radius 2 is 1.53 bits per heavy atom. The van der Waals surface area contributed by atoms with Crippen LogP contribution in [0.3, 0.4) is 0 Å². The first-order valence-corrected chi connectivity index (χ1v) is 14.9. The molecular formula is C27H50N4O6S. The molecule has 1 aliphatic heterocycles. The molecule has 1 unspecified atom stereocenters. The van der Waals surface area contributed by atoms with Crippen LogP contribution in [-0.2, 0) is 24.3 Å². The standard InChI is InChI=1S/C27H50N4O6S/c1-24(2,3)17(15-38(35,36)30(12)26(7,8)9)28-23(34)29-20(25(4,5)6)21(32)31-14-16-18(27(16,10)11)19(31)22(33)37-13/h16-20H,14-15H2,1-13H3,(H2,28,29,34)/t16-,17+,18?,19-,20+/m0/s1. The van der Waals surface area contributed by atoms with Gasteiger partial charge in [0.2, 0.25) is 15.9 Å².